The zero-order chi connectivity index (χ0) is 11.5. The minimum atomic E-state index is -0.775. The maximum atomic E-state index is 11.8. The molecule has 2 unspecified atom stereocenters. The molecule has 15 heavy (non-hydrogen) atoms. The van der Waals surface area contributed by atoms with E-state index in [-0.39, 0.29) is 31.8 Å². The Morgan fingerprint density at radius 2 is 2.27 bits per heavy atom. The second-order valence-corrected chi connectivity index (χ2v) is 4.07. The van der Waals surface area contributed by atoms with Crippen LogP contribution >= 0.6 is 0 Å². The van der Waals surface area contributed by atoms with Gasteiger partial charge < -0.3 is 26.0 Å². The standard InChI is InChI=1S/C9H18N2O4/c1-9(5-15-4-7(9)10)8(14)11-6(2-12)3-13/h6-7,12-13H,2-5,10H2,1H3,(H,11,14). The fourth-order valence-electron chi connectivity index (χ4n) is 1.42. The Bertz CT molecular complexity index is 232. The topological polar surface area (TPSA) is 105 Å². The van der Waals surface area contributed by atoms with E-state index in [1.807, 2.05) is 0 Å². The Morgan fingerprint density at radius 1 is 1.67 bits per heavy atom. The van der Waals surface area contributed by atoms with E-state index in [1.54, 1.807) is 6.92 Å². The predicted octanol–water partition coefficient (Wildman–Crippen LogP) is -2.18. The van der Waals surface area contributed by atoms with Gasteiger partial charge in [0.25, 0.3) is 0 Å². The van der Waals surface area contributed by atoms with Crippen molar-refractivity contribution in [2.75, 3.05) is 26.4 Å². The third-order valence-electron chi connectivity index (χ3n) is 2.81. The fraction of sp³-hybridized carbons (Fsp3) is 0.889. The van der Waals surface area contributed by atoms with Crippen molar-refractivity contribution in [1.82, 2.24) is 5.32 Å². The molecule has 5 N–H and O–H groups in total. The normalized spacial score (nSPS) is 30.9. The molecular weight excluding hydrogens is 200 g/mol. The molecular formula is C9H18N2O4. The highest BCUT2D eigenvalue weighted by Gasteiger charge is 2.44. The summed E-state index contributed by atoms with van der Waals surface area (Å²) in [4.78, 5) is 11.8. The Morgan fingerprint density at radius 3 is 2.67 bits per heavy atom. The van der Waals surface area contributed by atoms with Gasteiger partial charge in [-0.1, -0.05) is 0 Å². The Hall–Kier alpha value is -0.690. The number of carbonyl (C=O) groups is 1. The number of nitrogens with one attached hydrogen (secondary N) is 1. The lowest BCUT2D eigenvalue weighted by Crippen LogP contribution is -2.53. The van der Waals surface area contributed by atoms with Gasteiger partial charge in [0.2, 0.25) is 5.91 Å². The molecule has 0 aliphatic carbocycles. The van der Waals surface area contributed by atoms with Gasteiger partial charge in [0, 0.05) is 6.04 Å². The molecule has 1 saturated heterocycles. The molecule has 1 fully saturated rings. The van der Waals surface area contributed by atoms with Crippen molar-refractivity contribution in [2.45, 2.75) is 19.0 Å². The van der Waals surface area contributed by atoms with E-state index < -0.39 is 11.5 Å². The van der Waals surface area contributed by atoms with E-state index in [2.05, 4.69) is 5.32 Å². The summed E-state index contributed by atoms with van der Waals surface area (Å²) in [6.45, 7) is 1.74. The van der Waals surface area contributed by atoms with Crippen LogP contribution in [0.25, 0.3) is 0 Å². The first-order valence-electron chi connectivity index (χ1n) is 4.90. The lowest BCUT2D eigenvalue weighted by molar-refractivity contribution is -0.132. The van der Waals surface area contributed by atoms with Crippen LogP contribution in [0.1, 0.15) is 6.92 Å². The van der Waals surface area contributed by atoms with Crippen molar-refractivity contribution in [3.05, 3.63) is 0 Å². The average molecular weight is 218 g/mol. The van der Waals surface area contributed by atoms with Gasteiger partial charge in [0.1, 0.15) is 0 Å². The molecule has 6 heteroatoms. The zero-order valence-corrected chi connectivity index (χ0v) is 8.77. The summed E-state index contributed by atoms with van der Waals surface area (Å²) in [7, 11) is 0. The van der Waals surface area contributed by atoms with Crippen LogP contribution in [0.15, 0.2) is 0 Å². The van der Waals surface area contributed by atoms with Crippen LogP contribution in [0.4, 0.5) is 0 Å². The van der Waals surface area contributed by atoms with E-state index in [4.69, 9.17) is 20.7 Å². The number of aliphatic hydroxyl groups is 2. The van der Waals surface area contributed by atoms with Gasteiger partial charge in [-0.15, -0.1) is 0 Å². The maximum Gasteiger partial charge on any atom is 0.230 e. The second-order valence-electron chi connectivity index (χ2n) is 4.07. The quantitative estimate of drug-likeness (QED) is 0.429. The molecule has 1 heterocycles. The molecule has 2 atom stereocenters. The highest BCUT2D eigenvalue weighted by molar-refractivity contribution is 5.83. The molecule has 0 aromatic rings. The third kappa shape index (κ3) is 2.46. The van der Waals surface area contributed by atoms with Crippen molar-refractivity contribution in [2.24, 2.45) is 11.1 Å². The first kappa shape index (κ1) is 12.4. The number of aliphatic hydroxyl groups excluding tert-OH is 2. The number of hydrogen-bond donors (Lipinski definition) is 4. The summed E-state index contributed by atoms with van der Waals surface area (Å²) < 4.78 is 5.13. The zero-order valence-electron chi connectivity index (χ0n) is 8.77. The highest BCUT2D eigenvalue weighted by Crippen LogP contribution is 2.27. The van der Waals surface area contributed by atoms with Gasteiger partial charge in [-0.25, -0.2) is 0 Å². The lowest BCUT2D eigenvalue weighted by Gasteiger charge is -2.27. The lowest BCUT2D eigenvalue weighted by atomic mass is 9.84. The molecule has 0 radical (unpaired) electrons. The van der Waals surface area contributed by atoms with Gasteiger partial charge in [0.15, 0.2) is 0 Å². The largest absolute Gasteiger partial charge is 0.394 e. The SMILES string of the molecule is CC1(C(=O)NC(CO)CO)COCC1N. The minimum absolute atomic E-state index is 0.267. The number of rotatable bonds is 4. The van der Waals surface area contributed by atoms with Crippen molar-refractivity contribution < 1.29 is 19.7 Å². The van der Waals surface area contributed by atoms with Crippen LogP contribution in [0.5, 0.6) is 0 Å². The van der Waals surface area contributed by atoms with Crippen molar-refractivity contribution in [3.63, 3.8) is 0 Å². The molecule has 0 saturated carbocycles. The smallest absolute Gasteiger partial charge is 0.230 e. The summed E-state index contributed by atoms with van der Waals surface area (Å²) in [5.74, 6) is -0.291. The maximum absolute atomic E-state index is 11.8. The summed E-state index contributed by atoms with van der Waals surface area (Å²) in [6.07, 6.45) is 0. The van der Waals surface area contributed by atoms with Crippen LogP contribution in [-0.2, 0) is 9.53 Å². The molecule has 6 nitrogen and oxygen atoms in total. The highest BCUT2D eigenvalue weighted by atomic mass is 16.5. The summed E-state index contributed by atoms with van der Waals surface area (Å²) in [6, 6.07) is -0.988. The van der Waals surface area contributed by atoms with Crippen LogP contribution in [0, 0.1) is 5.41 Å². The molecule has 0 bridgehead atoms. The molecule has 1 rings (SSSR count). The van der Waals surface area contributed by atoms with Crippen LogP contribution in [0.3, 0.4) is 0 Å². The van der Waals surface area contributed by atoms with E-state index in [9.17, 15) is 4.79 Å². The Balaban J connectivity index is 2.59. The van der Waals surface area contributed by atoms with Gasteiger partial charge in [0.05, 0.1) is 37.9 Å². The second kappa shape index (κ2) is 4.89. The number of carbonyl (C=O) groups excluding carboxylic acids is 1. The number of ether oxygens (including phenoxy) is 1. The van der Waals surface area contributed by atoms with E-state index in [0.29, 0.717) is 6.61 Å². The Kier molecular flexibility index (Phi) is 4.04. The Labute approximate surface area is 88.4 Å². The molecule has 0 aromatic carbocycles. The first-order valence-corrected chi connectivity index (χ1v) is 4.90. The van der Waals surface area contributed by atoms with Crippen LogP contribution < -0.4 is 11.1 Å². The molecule has 0 aromatic heterocycles. The van der Waals surface area contributed by atoms with Crippen LogP contribution in [-0.4, -0.2) is 54.6 Å². The summed E-state index contributed by atoms with van der Waals surface area (Å²) >= 11 is 0. The van der Waals surface area contributed by atoms with Gasteiger partial charge in [-0.05, 0) is 6.92 Å². The molecule has 88 valence electrons. The van der Waals surface area contributed by atoms with E-state index in [1.165, 1.54) is 0 Å². The van der Waals surface area contributed by atoms with E-state index in [0.717, 1.165) is 0 Å². The van der Waals surface area contributed by atoms with E-state index >= 15 is 0 Å². The molecule has 0 spiro atoms. The monoisotopic (exact) mass is 218 g/mol. The average Bonchev–Trinajstić information content (AvgIpc) is 2.57. The number of hydrogen-bond acceptors (Lipinski definition) is 5. The van der Waals surface area contributed by atoms with Gasteiger partial charge in [-0.3, -0.25) is 4.79 Å². The fourth-order valence-corrected chi connectivity index (χ4v) is 1.42. The number of amides is 1. The van der Waals surface area contributed by atoms with Gasteiger partial charge in [-0.2, -0.15) is 0 Å². The summed E-state index contributed by atoms with van der Waals surface area (Å²) in [5.41, 5.74) is 4.99. The van der Waals surface area contributed by atoms with Crippen molar-refractivity contribution in [3.8, 4) is 0 Å². The first-order chi connectivity index (χ1) is 7.04. The predicted molar refractivity (Wildman–Crippen MR) is 53.0 cm³/mol. The minimum Gasteiger partial charge on any atom is -0.394 e. The van der Waals surface area contributed by atoms with Crippen molar-refractivity contribution in [1.29, 1.82) is 0 Å². The molecule has 1 aliphatic heterocycles. The molecule has 1 amide bonds. The third-order valence-corrected chi connectivity index (χ3v) is 2.81. The van der Waals surface area contributed by atoms with Crippen LogP contribution in [0.2, 0.25) is 0 Å². The van der Waals surface area contributed by atoms with Gasteiger partial charge >= 0.3 is 0 Å². The number of nitrogens with two attached hydrogens (primary N) is 1. The summed E-state index contributed by atoms with van der Waals surface area (Å²) in [5, 5.41) is 20.2. The van der Waals surface area contributed by atoms with Crippen molar-refractivity contribution >= 4 is 5.91 Å². The molecule has 1 aliphatic rings.